The van der Waals surface area contributed by atoms with Crippen molar-refractivity contribution in [3.8, 4) is 0 Å². The zero-order valence-electron chi connectivity index (χ0n) is 85.8. The number of allylic oxidation sites excluding steroid dienone is 1. The number of Topliss-reactive ketones (excluding diaryl/α,β-unsaturated/α-hetero) is 10. The molecular weight excluding hydrogens is 1650 g/mol. The van der Waals surface area contributed by atoms with Gasteiger partial charge in [0, 0.05) is 154 Å². The third-order valence-electron chi connectivity index (χ3n) is 22.4. The molecule has 21 N–H and O–H groups in total. The van der Waals surface area contributed by atoms with Gasteiger partial charge in [0.05, 0.1) is 65.4 Å². The average molecular weight is 1830 g/mol. The van der Waals surface area contributed by atoms with E-state index in [1.54, 1.807) is 6.92 Å². The number of carbonyl (C=O) groups excluding carboxylic acids is 10. The summed E-state index contributed by atoms with van der Waals surface area (Å²) in [4.78, 5) is 127. The summed E-state index contributed by atoms with van der Waals surface area (Å²) < 4.78 is 0. The van der Waals surface area contributed by atoms with E-state index in [0.717, 1.165) is 44.1 Å². The van der Waals surface area contributed by atoms with Gasteiger partial charge in [-0.05, 0) is 124 Å². The first kappa shape index (κ1) is 124. The summed E-state index contributed by atoms with van der Waals surface area (Å²) in [5.74, 6) is 1.92. The van der Waals surface area contributed by atoms with E-state index in [9.17, 15) is 53.1 Å². The molecule has 3 rings (SSSR count). The van der Waals surface area contributed by atoms with E-state index in [2.05, 4.69) is 124 Å². The molecule has 0 spiro atoms. The molecule has 746 valence electrons. The lowest BCUT2D eigenvalue weighted by Gasteiger charge is -2.26. The lowest BCUT2D eigenvalue weighted by Crippen LogP contribution is -2.48. The molecule has 0 aliphatic heterocycles. The fraction of sp³-hybridized carbons (Fsp3) is 0.676. The molecule has 0 aromatic heterocycles. The summed E-state index contributed by atoms with van der Waals surface area (Å²) in [6.45, 7) is 70.0. The van der Waals surface area contributed by atoms with Crippen LogP contribution in [-0.4, -0.2) is 162 Å². The Kier molecular flexibility index (Phi) is 64.9. The normalized spacial score (nSPS) is 14.3. The van der Waals surface area contributed by atoms with Gasteiger partial charge in [-0.3, -0.25) is 47.9 Å². The number of benzene rings is 2. The van der Waals surface area contributed by atoms with Crippen molar-refractivity contribution in [2.45, 2.75) is 355 Å². The molecule has 11 atom stereocenters. The van der Waals surface area contributed by atoms with E-state index in [1.165, 1.54) is 16.7 Å². The van der Waals surface area contributed by atoms with Crippen LogP contribution >= 0.6 is 0 Å². The van der Waals surface area contributed by atoms with Gasteiger partial charge in [0.15, 0.2) is 28.9 Å². The van der Waals surface area contributed by atoms with Crippen LogP contribution in [0.4, 0.5) is 0 Å². The first-order valence-corrected chi connectivity index (χ1v) is 48.6. The molecule has 0 heterocycles. The molecule has 1 unspecified atom stereocenters. The van der Waals surface area contributed by atoms with Crippen molar-refractivity contribution in [1.29, 1.82) is 0 Å². The minimum Gasteiger partial charge on any atom is -0.391 e. The monoisotopic (exact) mass is 1830 g/mol. The van der Waals surface area contributed by atoms with Crippen LogP contribution in [0.2, 0.25) is 0 Å². The van der Waals surface area contributed by atoms with Crippen LogP contribution in [0.3, 0.4) is 0 Å². The average Bonchev–Trinajstić information content (AvgIpc) is 1.68. The molecule has 26 heteroatoms. The van der Waals surface area contributed by atoms with Gasteiger partial charge in [0.2, 0.25) is 0 Å². The molecule has 0 amide bonds. The molecule has 2 aromatic rings. The summed E-state index contributed by atoms with van der Waals surface area (Å²) in [6, 6.07) is 17.7. The van der Waals surface area contributed by atoms with Crippen molar-refractivity contribution in [1.82, 2.24) is 53.2 Å². The topological polar surface area (TPSA) is 441 Å². The molecule has 0 radical (unpaired) electrons. The van der Waals surface area contributed by atoms with Gasteiger partial charge in [0.25, 0.3) is 0 Å². The van der Waals surface area contributed by atoms with Crippen LogP contribution in [-0.2, 0) is 60.8 Å². The second-order valence-electron chi connectivity index (χ2n) is 39.5. The van der Waals surface area contributed by atoms with Gasteiger partial charge in [0.1, 0.15) is 28.9 Å². The third-order valence-corrected chi connectivity index (χ3v) is 22.4. The van der Waals surface area contributed by atoms with Crippen molar-refractivity contribution in [2.24, 2.45) is 99.7 Å². The Hall–Kier alpha value is -8.66. The molecule has 0 fully saturated rings. The highest BCUT2D eigenvalue weighted by molar-refractivity contribution is 5.95. The van der Waals surface area contributed by atoms with E-state index in [1.807, 2.05) is 189 Å². The largest absolute Gasteiger partial charge is 0.391 e. The molecule has 26 nitrogen and oxygen atoms in total. The first-order chi connectivity index (χ1) is 61.1. The Balaban J connectivity index is 0. The lowest BCUT2D eigenvalue weighted by atomic mass is 9.84. The van der Waals surface area contributed by atoms with Crippen LogP contribution in [0.5, 0.6) is 0 Å². The number of nitrogens with two attached hydrogens (primary N) is 5. The predicted molar refractivity (Wildman–Crippen MR) is 542 cm³/mol. The van der Waals surface area contributed by atoms with Gasteiger partial charge in [-0.15, -0.1) is 0 Å². The van der Waals surface area contributed by atoms with Gasteiger partial charge < -0.3 is 86.9 Å². The zero-order valence-corrected chi connectivity index (χ0v) is 85.8. The number of aliphatic hydroxyl groups is 1. The fourth-order valence-corrected chi connectivity index (χ4v) is 15.8. The van der Waals surface area contributed by atoms with Crippen LogP contribution in [0.1, 0.15) is 293 Å². The quantitative estimate of drug-likeness (QED) is 0.0274. The smallest absolute Gasteiger partial charge is 0.153 e. The molecule has 0 saturated carbocycles. The van der Waals surface area contributed by atoms with Crippen LogP contribution in [0.25, 0.3) is 5.57 Å². The second-order valence-corrected chi connectivity index (χ2v) is 39.5. The van der Waals surface area contributed by atoms with E-state index in [-0.39, 0.29) is 202 Å². The molecule has 1 aliphatic rings. The zero-order chi connectivity index (χ0) is 101. The van der Waals surface area contributed by atoms with Gasteiger partial charge >= 0.3 is 0 Å². The highest BCUT2D eigenvalue weighted by Crippen LogP contribution is 2.33. The van der Waals surface area contributed by atoms with Gasteiger partial charge in [-0.1, -0.05) is 260 Å². The standard InChI is InChI=1S/C26H39N3O2.C23H37N3O2.2C19H37N3O2.C18H35N3O3/c1-17(2)26(31)22(10-8-14-28-19(5)27)16-25(30)24(29-18(3)4)15-21-13-12-20-9-6-7-11-23(20)21;1-16(2)23(28)20(12-9-13-25-18(5)24)15-22(27)21(26-17(3)4)14-19-10-7-6-8-11-19;2*1-12(2)18(22-14(5)6)17(23)11-16(19(24)13(3)4)9-8-10-21-15(7)20;1-11(2)18(24)15(8-7-9-20-14(6)19)10-16(23)17(13(5)22)21-12(3)4/h6-7,9,11,13,17-18,22,24,28-29H,5,8,10,12,14-16,27H2,1-4H3;6-8,10-11,16-17,20-21,25-26H,5,9,12-15,24H2,1-4H3;2*12-14,16,18,21-22H,7-11,20H2,1-6H3;11-13,15,17,20-22H,6-10,19H2,1-5H3/t22-,24+;20-,21+;2*16-,18+;13?,15-,17+/m11111/s1. The van der Waals surface area contributed by atoms with Gasteiger partial charge in [-0.2, -0.15) is 0 Å². The Morgan fingerprint density at radius 1 is 0.321 bits per heavy atom. The Bertz CT molecular complexity index is 3600. The Morgan fingerprint density at radius 2 is 0.565 bits per heavy atom. The third kappa shape index (κ3) is 56.9. The van der Waals surface area contributed by atoms with Crippen LogP contribution in [0, 0.1) is 71.0 Å². The number of hydrogen-bond donors (Lipinski definition) is 16. The Morgan fingerprint density at radius 3 is 0.817 bits per heavy atom. The SMILES string of the molecule is C=C(N)NCCC[C@H](CC(=O)[C@@H](NC(C)C)C(C)C)C(=O)C(C)C.C=C(N)NCCC[C@H](CC(=O)[C@@H](NC(C)C)C(C)C)C(=O)C(C)C.C=C(N)NCCC[C@H](CC(=O)[C@@H](NC(C)C)C(C)O)C(=O)C(C)C.C=C(N)NCCC[C@H](CC(=O)[C@H](CC1=CCc2ccccc21)NC(C)C)C(=O)C(C)C.C=C(N)NCCC[C@H](CC(=O)[C@H](Cc1ccccc1)NC(C)C)C(=O)C(C)C. The van der Waals surface area contributed by atoms with Crippen molar-refractivity contribution < 1.29 is 53.1 Å². The summed E-state index contributed by atoms with van der Waals surface area (Å²) >= 11 is 0. The van der Waals surface area contributed by atoms with Gasteiger partial charge in [-0.25, -0.2) is 0 Å². The maximum absolute atomic E-state index is 13.4. The summed E-state index contributed by atoms with van der Waals surface area (Å²) in [5, 5.41) is 41.3. The second kappa shape index (κ2) is 68.4. The summed E-state index contributed by atoms with van der Waals surface area (Å²) in [5.41, 5.74) is 32.4. The van der Waals surface area contributed by atoms with E-state index >= 15 is 0 Å². The van der Waals surface area contributed by atoms with E-state index in [4.69, 9.17) is 28.7 Å². The molecule has 0 saturated heterocycles. The minimum atomic E-state index is -0.795. The fourth-order valence-electron chi connectivity index (χ4n) is 15.8. The predicted octanol–water partition coefficient (Wildman–Crippen LogP) is 13.7. The maximum atomic E-state index is 13.4. The highest BCUT2D eigenvalue weighted by atomic mass is 16.3. The van der Waals surface area contributed by atoms with Crippen LogP contribution < -0.4 is 81.8 Å². The first-order valence-electron chi connectivity index (χ1n) is 48.6. The number of ketones is 10. The van der Waals surface area contributed by atoms with E-state index in [0.29, 0.717) is 120 Å². The molecule has 0 bridgehead atoms. The number of aliphatic hydroxyl groups excluding tert-OH is 1. The number of fused-ring (bicyclic) bond motifs is 1. The minimum absolute atomic E-state index is 0.0595. The van der Waals surface area contributed by atoms with Crippen molar-refractivity contribution in [3.63, 3.8) is 0 Å². The maximum Gasteiger partial charge on any atom is 0.153 e. The van der Waals surface area contributed by atoms with E-state index < -0.39 is 12.1 Å². The van der Waals surface area contributed by atoms with Crippen LogP contribution in [0.15, 0.2) is 123 Å². The molecule has 2 aromatic carbocycles. The molecule has 1 aliphatic carbocycles. The molecular formula is C105H185N15O11. The van der Waals surface area contributed by atoms with Crippen molar-refractivity contribution in [2.75, 3.05) is 32.7 Å². The number of carbonyl (C=O) groups is 10. The van der Waals surface area contributed by atoms with Crippen molar-refractivity contribution in [3.05, 3.63) is 139 Å². The molecule has 131 heavy (non-hydrogen) atoms. The number of rotatable bonds is 67. The number of nitrogens with one attached hydrogen (secondary N) is 10. The summed E-state index contributed by atoms with van der Waals surface area (Å²) in [6.07, 6.45) is 12.1. The highest BCUT2D eigenvalue weighted by Gasteiger charge is 2.36. The lowest BCUT2D eigenvalue weighted by molar-refractivity contribution is -0.132. The van der Waals surface area contributed by atoms with Crippen molar-refractivity contribution >= 4 is 63.4 Å². The Labute approximate surface area is 792 Å². The summed E-state index contributed by atoms with van der Waals surface area (Å²) in [7, 11) is 0. The number of hydrogen-bond acceptors (Lipinski definition) is 26.